The number of esters is 1. The van der Waals surface area contributed by atoms with Crippen molar-refractivity contribution in [2.24, 2.45) is 0 Å². The summed E-state index contributed by atoms with van der Waals surface area (Å²) in [5.74, 6) is -4.25. The summed E-state index contributed by atoms with van der Waals surface area (Å²) in [4.78, 5) is 35.8. The monoisotopic (exact) mass is 455 g/mol. The van der Waals surface area contributed by atoms with Gasteiger partial charge in [-0.2, -0.15) is 0 Å². The molecule has 0 spiro atoms. The molecule has 33 heavy (non-hydrogen) atoms. The van der Waals surface area contributed by atoms with Crippen molar-refractivity contribution in [3.63, 3.8) is 0 Å². The number of carbonyl (C=O) groups is 2. The van der Waals surface area contributed by atoms with Crippen LogP contribution in [0.1, 0.15) is 22.8 Å². The number of rotatable bonds is 7. The van der Waals surface area contributed by atoms with Crippen molar-refractivity contribution in [2.45, 2.75) is 13.5 Å². The molecule has 0 bridgehead atoms. The van der Waals surface area contributed by atoms with Crippen LogP contribution in [0, 0.1) is 21.7 Å². The molecule has 10 heteroatoms. The highest BCUT2D eigenvalue weighted by atomic mass is 19.1. The molecule has 170 valence electrons. The van der Waals surface area contributed by atoms with Gasteiger partial charge in [-0.15, -0.1) is 0 Å². The molecule has 0 aliphatic rings. The third-order valence-corrected chi connectivity index (χ3v) is 4.59. The fourth-order valence-corrected chi connectivity index (χ4v) is 3.23. The summed E-state index contributed by atoms with van der Waals surface area (Å²) < 4.78 is 34.5. The maximum absolute atomic E-state index is 14.7. The third kappa shape index (κ3) is 5.48. The molecule has 8 nitrogen and oxygen atoms in total. The van der Waals surface area contributed by atoms with Crippen LogP contribution in [0.3, 0.4) is 0 Å². The Morgan fingerprint density at radius 3 is 2.27 bits per heavy atom. The number of hydrogen-bond donors (Lipinski definition) is 1. The molecule has 0 atom stereocenters. The molecule has 0 radical (unpaired) electrons. The van der Waals surface area contributed by atoms with Crippen LogP contribution in [0.4, 0.5) is 25.8 Å². The number of anilines is 2. The average molecular weight is 455 g/mol. The average Bonchev–Trinajstić information content (AvgIpc) is 2.73. The summed E-state index contributed by atoms with van der Waals surface area (Å²) in [6.45, 7) is 1.38. The Morgan fingerprint density at radius 2 is 1.70 bits per heavy atom. The number of para-hydroxylation sites is 1. The summed E-state index contributed by atoms with van der Waals surface area (Å²) in [7, 11) is 1.50. The number of ether oxygens (including phenoxy) is 1. The zero-order chi connectivity index (χ0) is 24.1. The van der Waals surface area contributed by atoms with Gasteiger partial charge in [0.2, 0.25) is 11.7 Å². The van der Waals surface area contributed by atoms with E-state index >= 15 is 0 Å². The first kappa shape index (κ1) is 23.3. The number of amides is 1. The van der Waals surface area contributed by atoms with Gasteiger partial charge in [-0.3, -0.25) is 14.9 Å². The second-order valence-corrected chi connectivity index (χ2v) is 7.11. The molecule has 0 saturated carbocycles. The lowest BCUT2D eigenvalue weighted by molar-refractivity contribution is -0.384. The molecule has 0 fully saturated rings. The Hall–Kier alpha value is -4.34. The second-order valence-electron chi connectivity index (χ2n) is 7.11. The normalized spacial score (nSPS) is 10.4. The zero-order valence-corrected chi connectivity index (χ0v) is 17.7. The number of nitro benzene ring substituents is 1. The molecule has 1 amide bonds. The smallest absolute Gasteiger partial charge is 0.343 e. The number of halogens is 2. The van der Waals surface area contributed by atoms with Gasteiger partial charge >= 0.3 is 11.7 Å². The standard InChI is InChI=1S/C23H19F2N3O5/c1-14(29)26-19-9-6-10-20(22(19)28(31)32)33-23(30)16-11-17(24)21(18(25)12-16)27(2)13-15-7-4-3-5-8-15/h3-12H,13H2,1-2H3,(H,26,29). The van der Waals surface area contributed by atoms with Crippen molar-refractivity contribution in [2.75, 3.05) is 17.3 Å². The lowest BCUT2D eigenvalue weighted by Crippen LogP contribution is -2.20. The topological polar surface area (TPSA) is 102 Å². The van der Waals surface area contributed by atoms with E-state index in [1.165, 1.54) is 24.1 Å². The van der Waals surface area contributed by atoms with Gasteiger partial charge in [0.1, 0.15) is 23.0 Å². The van der Waals surface area contributed by atoms with Crippen LogP contribution in [0.5, 0.6) is 5.75 Å². The van der Waals surface area contributed by atoms with Crippen molar-refractivity contribution in [3.8, 4) is 5.75 Å². The van der Waals surface area contributed by atoms with Gasteiger partial charge in [-0.05, 0) is 29.8 Å². The Morgan fingerprint density at radius 1 is 1.06 bits per heavy atom. The van der Waals surface area contributed by atoms with E-state index in [1.54, 1.807) is 24.3 Å². The minimum atomic E-state index is -1.20. The maximum atomic E-state index is 14.7. The molecular formula is C23H19F2N3O5. The molecule has 3 aromatic carbocycles. The van der Waals surface area contributed by atoms with Crippen molar-refractivity contribution < 1.29 is 28.0 Å². The van der Waals surface area contributed by atoms with Gasteiger partial charge < -0.3 is 15.0 Å². The Balaban J connectivity index is 1.87. The van der Waals surface area contributed by atoms with E-state index in [2.05, 4.69) is 5.32 Å². The number of nitrogens with one attached hydrogen (secondary N) is 1. The highest BCUT2D eigenvalue weighted by Gasteiger charge is 2.25. The fourth-order valence-electron chi connectivity index (χ4n) is 3.23. The van der Waals surface area contributed by atoms with Crippen LogP contribution < -0.4 is 15.0 Å². The van der Waals surface area contributed by atoms with E-state index in [0.29, 0.717) is 0 Å². The van der Waals surface area contributed by atoms with Gasteiger partial charge in [-0.25, -0.2) is 13.6 Å². The first-order valence-electron chi connectivity index (χ1n) is 9.68. The van der Waals surface area contributed by atoms with Gasteiger partial charge in [0, 0.05) is 20.5 Å². The van der Waals surface area contributed by atoms with Crippen LogP contribution in [-0.4, -0.2) is 23.8 Å². The van der Waals surface area contributed by atoms with Crippen LogP contribution in [-0.2, 0) is 11.3 Å². The highest BCUT2D eigenvalue weighted by molar-refractivity contribution is 5.95. The van der Waals surface area contributed by atoms with Gasteiger partial charge in [-0.1, -0.05) is 36.4 Å². The second kappa shape index (κ2) is 9.86. The summed E-state index contributed by atoms with van der Waals surface area (Å²) in [6, 6.07) is 14.3. The van der Waals surface area contributed by atoms with Crippen molar-refractivity contribution in [1.29, 1.82) is 0 Å². The fraction of sp³-hybridized carbons (Fsp3) is 0.130. The Labute approximate surface area is 187 Å². The molecule has 0 aliphatic carbocycles. The molecule has 0 heterocycles. The third-order valence-electron chi connectivity index (χ3n) is 4.59. The zero-order valence-electron chi connectivity index (χ0n) is 17.7. The summed E-state index contributed by atoms with van der Waals surface area (Å²) >= 11 is 0. The first-order valence-corrected chi connectivity index (χ1v) is 9.68. The van der Waals surface area contributed by atoms with E-state index in [0.717, 1.165) is 30.7 Å². The van der Waals surface area contributed by atoms with Crippen LogP contribution >= 0.6 is 0 Å². The van der Waals surface area contributed by atoms with Crippen molar-refractivity contribution >= 4 is 28.9 Å². The number of nitrogens with zero attached hydrogens (tertiary/aromatic N) is 2. The van der Waals surface area contributed by atoms with Crippen LogP contribution in [0.25, 0.3) is 0 Å². The van der Waals surface area contributed by atoms with Crippen LogP contribution in [0.2, 0.25) is 0 Å². The van der Waals surface area contributed by atoms with E-state index in [1.807, 2.05) is 6.07 Å². The Kier molecular flexibility index (Phi) is 6.97. The number of carbonyl (C=O) groups excluding carboxylic acids is 2. The molecule has 0 aromatic heterocycles. The molecule has 3 rings (SSSR count). The predicted octanol–water partition coefficient (Wildman–Crippen LogP) is 4.69. The first-order chi connectivity index (χ1) is 15.7. The largest absolute Gasteiger partial charge is 0.415 e. The number of nitro groups is 1. The maximum Gasteiger partial charge on any atom is 0.343 e. The van der Waals surface area contributed by atoms with Gasteiger partial charge in [0.05, 0.1) is 10.5 Å². The van der Waals surface area contributed by atoms with Crippen molar-refractivity contribution in [1.82, 2.24) is 0 Å². The van der Waals surface area contributed by atoms with E-state index in [4.69, 9.17) is 4.74 Å². The van der Waals surface area contributed by atoms with Crippen LogP contribution in [0.15, 0.2) is 60.7 Å². The molecule has 0 unspecified atom stereocenters. The summed E-state index contributed by atoms with van der Waals surface area (Å²) in [5, 5.41) is 13.7. The van der Waals surface area contributed by atoms with E-state index in [9.17, 15) is 28.5 Å². The quantitative estimate of drug-likeness (QED) is 0.240. The van der Waals surface area contributed by atoms with E-state index in [-0.39, 0.29) is 17.9 Å². The van der Waals surface area contributed by atoms with Gasteiger partial charge in [0.15, 0.2) is 0 Å². The molecule has 0 aliphatic heterocycles. The Bertz CT molecular complexity index is 1190. The summed E-state index contributed by atoms with van der Waals surface area (Å²) in [6.07, 6.45) is 0. The highest BCUT2D eigenvalue weighted by Crippen LogP contribution is 2.35. The minimum Gasteiger partial charge on any atom is -0.415 e. The predicted molar refractivity (Wildman–Crippen MR) is 117 cm³/mol. The SMILES string of the molecule is CC(=O)Nc1cccc(OC(=O)c2cc(F)c(N(C)Cc3ccccc3)c(F)c2)c1[N+](=O)[O-]. The number of hydrogen-bond acceptors (Lipinski definition) is 6. The molecule has 3 aromatic rings. The lowest BCUT2D eigenvalue weighted by atomic mass is 10.1. The van der Waals surface area contributed by atoms with Crippen molar-refractivity contribution in [3.05, 3.63) is 93.5 Å². The molecule has 0 saturated heterocycles. The summed E-state index contributed by atoms with van der Waals surface area (Å²) in [5.41, 5.74) is -0.835. The lowest BCUT2D eigenvalue weighted by Gasteiger charge is -2.21. The molecular weight excluding hydrogens is 436 g/mol. The molecule has 1 N–H and O–H groups in total. The minimum absolute atomic E-state index is 0.187. The van der Waals surface area contributed by atoms with E-state index < -0.39 is 45.4 Å². The number of benzene rings is 3. The van der Waals surface area contributed by atoms with Gasteiger partial charge in [0.25, 0.3) is 0 Å².